The number of piperazine rings is 1. The van der Waals surface area contributed by atoms with E-state index in [0.717, 1.165) is 43.2 Å². The van der Waals surface area contributed by atoms with Crippen molar-refractivity contribution in [3.8, 4) is 5.75 Å². The van der Waals surface area contributed by atoms with E-state index in [4.69, 9.17) is 4.74 Å². The SMILES string of the molecule is CCCC(CBr)CN1CCN(c2ccccc2OC)CC1. The average molecular weight is 355 g/mol. The zero-order valence-electron chi connectivity index (χ0n) is 13.2. The number of ether oxygens (including phenoxy) is 1. The standard InChI is InChI=1S/C17H27BrN2O/c1-3-6-15(13-18)14-19-9-11-20(12-10-19)16-7-4-5-8-17(16)21-2/h4-5,7-8,15H,3,6,9-14H2,1-2H3. The molecule has 21 heavy (non-hydrogen) atoms. The molecule has 1 aliphatic rings. The third-order valence-corrected chi connectivity index (χ3v) is 5.15. The highest BCUT2D eigenvalue weighted by molar-refractivity contribution is 9.09. The van der Waals surface area contributed by atoms with Crippen LogP contribution < -0.4 is 9.64 Å². The van der Waals surface area contributed by atoms with Crippen LogP contribution in [-0.4, -0.2) is 50.1 Å². The number of hydrogen-bond donors (Lipinski definition) is 0. The van der Waals surface area contributed by atoms with Crippen molar-refractivity contribution < 1.29 is 4.74 Å². The van der Waals surface area contributed by atoms with Crippen LogP contribution in [0.4, 0.5) is 5.69 Å². The van der Waals surface area contributed by atoms with Gasteiger partial charge in [-0.1, -0.05) is 41.4 Å². The van der Waals surface area contributed by atoms with Gasteiger partial charge in [0, 0.05) is 38.1 Å². The Labute approximate surface area is 137 Å². The predicted octanol–water partition coefficient (Wildman–Crippen LogP) is 3.63. The monoisotopic (exact) mass is 354 g/mol. The summed E-state index contributed by atoms with van der Waals surface area (Å²) in [7, 11) is 1.75. The molecule has 3 nitrogen and oxygen atoms in total. The molecule has 0 bridgehead atoms. The van der Waals surface area contributed by atoms with Crippen LogP contribution in [0.1, 0.15) is 19.8 Å². The van der Waals surface area contributed by atoms with Gasteiger partial charge in [-0.25, -0.2) is 0 Å². The summed E-state index contributed by atoms with van der Waals surface area (Å²) in [5.74, 6) is 1.77. The molecular formula is C17H27BrN2O. The van der Waals surface area contributed by atoms with Crippen LogP contribution >= 0.6 is 15.9 Å². The van der Waals surface area contributed by atoms with E-state index in [0.29, 0.717) is 0 Å². The highest BCUT2D eigenvalue weighted by Gasteiger charge is 2.21. The van der Waals surface area contributed by atoms with Crippen LogP contribution in [0.25, 0.3) is 0 Å². The summed E-state index contributed by atoms with van der Waals surface area (Å²) in [5.41, 5.74) is 1.23. The molecule has 0 aliphatic carbocycles. The van der Waals surface area contributed by atoms with Gasteiger partial charge in [-0.3, -0.25) is 4.90 Å². The number of halogens is 1. The molecule has 1 saturated heterocycles. The van der Waals surface area contributed by atoms with Gasteiger partial charge in [0.2, 0.25) is 0 Å². The van der Waals surface area contributed by atoms with Gasteiger partial charge in [0.1, 0.15) is 5.75 Å². The lowest BCUT2D eigenvalue weighted by Gasteiger charge is -2.37. The molecule has 0 N–H and O–H groups in total. The Morgan fingerprint density at radius 1 is 1.19 bits per heavy atom. The fourth-order valence-electron chi connectivity index (χ4n) is 3.05. The van der Waals surface area contributed by atoms with Crippen molar-refractivity contribution in [2.45, 2.75) is 19.8 Å². The zero-order valence-corrected chi connectivity index (χ0v) is 14.8. The van der Waals surface area contributed by atoms with Crippen molar-refractivity contribution in [2.75, 3.05) is 50.1 Å². The van der Waals surface area contributed by atoms with E-state index in [1.54, 1.807) is 7.11 Å². The first-order valence-electron chi connectivity index (χ1n) is 7.94. The van der Waals surface area contributed by atoms with Crippen molar-refractivity contribution in [2.24, 2.45) is 5.92 Å². The quantitative estimate of drug-likeness (QED) is 0.695. The van der Waals surface area contributed by atoms with Crippen LogP contribution in [0.5, 0.6) is 5.75 Å². The molecule has 1 aromatic rings. The topological polar surface area (TPSA) is 15.7 Å². The van der Waals surface area contributed by atoms with E-state index < -0.39 is 0 Å². The molecule has 2 rings (SSSR count). The minimum atomic E-state index is 0.785. The zero-order chi connectivity index (χ0) is 15.1. The van der Waals surface area contributed by atoms with E-state index >= 15 is 0 Å². The van der Waals surface area contributed by atoms with Gasteiger partial charge in [-0.05, 0) is 24.5 Å². The summed E-state index contributed by atoms with van der Waals surface area (Å²) in [6.07, 6.45) is 2.59. The molecule has 4 heteroatoms. The van der Waals surface area contributed by atoms with Crippen LogP contribution in [0.2, 0.25) is 0 Å². The Bertz CT molecular complexity index is 419. The molecule has 0 aromatic heterocycles. The van der Waals surface area contributed by atoms with Gasteiger partial charge < -0.3 is 9.64 Å². The largest absolute Gasteiger partial charge is 0.495 e. The maximum atomic E-state index is 5.48. The number of hydrogen-bond acceptors (Lipinski definition) is 3. The van der Waals surface area contributed by atoms with Crippen LogP contribution in [-0.2, 0) is 0 Å². The maximum Gasteiger partial charge on any atom is 0.142 e. The van der Waals surface area contributed by atoms with Crippen LogP contribution in [0.3, 0.4) is 0 Å². The number of methoxy groups -OCH3 is 1. The Hall–Kier alpha value is -0.740. The van der Waals surface area contributed by atoms with Gasteiger partial charge >= 0.3 is 0 Å². The summed E-state index contributed by atoms with van der Waals surface area (Å²) in [6, 6.07) is 8.33. The van der Waals surface area contributed by atoms with Gasteiger partial charge in [-0.15, -0.1) is 0 Å². The molecule has 0 amide bonds. The molecule has 0 radical (unpaired) electrons. The fourth-order valence-corrected chi connectivity index (χ4v) is 3.58. The van der Waals surface area contributed by atoms with Crippen molar-refractivity contribution in [3.63, 3.8) is 0 Å². The summed E-state index contributed by atoms with van der Waals surface area (Å²) >= 11 is 3.66. The molecular weight excluding hydrogens is 328 g/mol. The second-order valence-electron chi connectivity index (χ2n) is 5.77. The normalized spacial score (nSPS) is 17.8. The van der Waals surface area contributed by atoms with Gasteiger partial charge in [0.05, 0.1) is 12.8 Å². The molecule has 1 atom stereocenters. The van der Waals surface area contributed by atoms with Gasteiger partial charge in [-0.2, -0.15) is 0 Å². The highest BCUT2D eigenvalue weighted by atomic mass is 79.9. The number of para-hydroxylation sites is 2. The Morgan fingerprint density at radius 3 is 2.52 bits per heavy atom. The Kier molecular flexibility index (Phi) is 6.84. The fraction of sp³-hybridized carbons (Fsp3) is 0.647. The Balaban J connectivity index is 1.88. The molecule has 1 fully saturated rings. The first-order valence-corrected chi connectivity index (χ1v) is 9.07. The molecule has 1 heterocycles. The number of benzene rings is 1. The number of anilines is 1. The minimum Gasteiger partial charge on any atom is -0.495 e. The second-order valence-corrected chi connectivity index (χ2v) is 6.42. The molecule has 1 unspecified atom stereocenters. The molecule has 0 saturated carbocycles. The number of alkyl halides is 1. The molecule has 118 valence electrons. The molecule has 1 aliphatic heterocycles. The van der Waals surface area contributed by atoms with Gasteiger partial charge in [0.25, 0.3) is 0 Å². The van der Waals surface area contributed by atoms with E-state index in [1.807, 2.05) is 12.1 Å². The smallest absolute Gasteiger partial charge is 0.142 e. The van der Waals surface area contributed by atoms with Crippen LogP contribution in [0, 0.1) is 5.92 Å². The summed E-state index contributed by atoms with van der Waals surface area (Å²) in [5, 5.41) is 1.12. The third kappa shape index (κ3) is 4.62. The van der Waals surface area contributed by atoms with E-state index in [2.05, 4.69) is 44.8 Å². The van der Waals surface area contributed by atoms with E-state index in [1.165, 1.54) is 25.1 Å². The summed E-state index contributed by atoms with van der Waals surface area (Å²) in [4.78, 5) is 5.05. The molecule has 0 spiro atoms. The van der Waals surface area contributed by atoms with Gasteiger partial charge in [0.15, 0.2) is 0 Å². The predicted molar refractivity (Wildman–Crippen MR) is 93.8 cm³/mol. The number of rotatable bonds is 7. The maximum absolute atomic E-state index is 5.48. The lowest BCUT2D eigenvalue weighted by Crippen LogP contribution is -2.48. The third-order valence-electron chi connectivity index (χ3n) is 4.23. The number of nitrogens with zero attached hydrogens (tertiary/aromatic N) is 2. The second kappa shape index (κ2) is 8.64. The lowest BCUT2D eigenvalue weighted by atomic mass is 10.1. The lowest BCUT2D eigenvalue weighted by molar-refractivity contribution is 0.221. The molecule has 1 aromatic carbocycles. The first-order chi connectivity index (χ1) is 10.3. The average Bonchev–Trinajstić information content (AvgIpc) is 2.55. The van der Waals surface area contributed by atoms with E-state index in [-0.39, 0.29) is 0 Å². The first kappa shape index (κ1) is 16.6. The Morgan fingerprint density at radius 2 is 1.90 bits per heavy atom. The van der Waals surface area contributed by atoms with Crippen LogP contribution in [0.15, 0.2) is 24.3 Å². The van der Waals surface area contributed by atoms with Crippen molar-refractivity contribution in [1.29, 1.82) is 0 Å². The summed E-state index contributed by atoms with van der Waals surface area (Å²) < 4.78 is 5.48. The highest BCUT2D eigenvalue weighted by Crippen LogP contribution is 2.28. The van der Waals surface area contributed by atoms with Crippen molar-refractivity contribution in [1.82, 2.24) is 4.90 Å². The van der Waals surface area contributed by atoms with Crippen molar-refractivity contribution in [3.05, 3.63) is 24.3 Å². The van der Waals surface area contributed by atoms with Crippen molar-refractivity contribution >= 4 is 21.6 Å². The summed E-state index contributed by atoms with van der Waals surface area (Å²) in [6.45, 7) is 7.95. The minimum absolute atomic E-state index is 0.785. The van der Waals surface area contributed by atoms with E-state index in [9.17, 15) is 0 Å².